The van der Waals surface area contributed by atoms with Crippen molar-refractivity contribution in [1.29, 1.82) is 0 Å². The van der Waals surface area contributed by atoms with E-state index in [1.807, 2.05) is 0 Å². The minimum absolute atomic E-state index is 0.198. The first-order valence-corrected chi connectivity index (χ1v) is 5.08. The third-order valence-corrected chi connectivity index (χ3v) is 2.78. The van der Waals surface area contributed by atoms with Crippen molar-refractivity contribution in [3.05, 3.63) is 35.1 Å². The Hall–Kier alpha value is -1.38. The van der Waals surface area contributed by atoms with Gasteiger partial charge in [-0.1, -0.05) is 6.07 Å². The van der Waals surface area contributed by atoms with Crippen molar-refractivity contribution < 1.29 is 14.3 Å². The summed E-state index contributed by atoms with van der Waals surface area (Å²) in [5, 5.41) is 9.10. The van der Waals surface area contributed by atoms with Crippen LogP contribution in [0.2, 0.25) is 0 Å². The number of carboxylic acid groups (broad SMARTS) is 1. The van der Waals surface area contributed by atoms with Crippen molar-refractivity contribution in [3.8, 4) is 0 Å². The zero-order valence-corrected chi connectivity index (χ0v) is 8.53. The molecule has 0 amide bonds. The number of carboxylic acids is 1. The highest BCUT2D eigenvalue weighted by Crippen LogP contribution is 2.43. The normalized spacial score (nSPS) is 17.5. The molecule has 1 saturated carbocycles. The fourth-order valence-electron chi connectivity index (χ4n) is 1.99. The first-order valence-electron chi connectivity index (χ1n) is 5.08. The van der Waals surface area contributed by atoms with Crippen LogP contribution in [-0.2, 0) is 4.79 Å². The van der Waals surface area contributed by atoms with E-state index < -0.39 is 11.9 Å². The zero-order chi connectivity index (χ0) is 11.0. The molecule has 0 bridgehead atoms. The quantitative estimate of drug-likeness (QED) is 0.829. The lowest BCUT2D eigenvalue weighted by Gasteiger charge is -2.12. The van der Waals surface area contributed by atoms with Crippen molar-refractivity contribution in [1.82, 2.24) is 0 Å². The van der Waals surface area contributed by atoms with Gasteiger partial charge in [0, 0.05) is 0 Å². The van der Waals surface area contributed by atoms with Gasteiger partial charge in [-0.2, -0.15) is 0 Å². The first kappa shape index (κ1) is 10.1. The second-order valence-electron chi connectivity index (χ2n) is 4.22. The summed E-state index contributed by atoms with van der Waals surface area (Å²) in [5.41, 5.74) is 1.37. The Morgan fingerprint density at radius 3 is 2.60 bits per heavy atom. The van der Waals surface area contributed by atoms with E-state index >= 15 is 0 Å². The topological polar surface area (TPSA) is 37.3 Å². The van der Waals surface area contributed by atoms with Crippen LogP contribution in [0.15, 0.2) is 18.2 Å². The van der Waals surface area contributed by atoms with Crippen LogP contribution in [0.1, 0.15) is 29.9 Å². The lowest BCUT2D eigenvalue weighted by atomic mass is 9.93. The minimum atomic E-state index is -0.845. The van der Waals surface area contributed by atoms with Crippen molar-refractivity contribution in [2.45, 2.75) is 25.7 Å². The molecule has 2 nitrogen and oxygen atoms in total. The number of halogens is 1. The fourth-order valence-corrected chi connectivity index (χ4v) is 1.99. The summed E-state index contributed by atoms with van der Waals surface area (Å²) in [6.45, 7) is 1.78. The van der Waals surface area contributed by atoms with Crippen LogP contribution in [-0.4, -0.2) is 11.1 Å². The Labute approximate surface area is 87.7 Å². The Kier molecular flexibility index (Phi) is 2.47. The monoisotopic (exact) mass is 208 g/mol. The van der Waals surface area contributed by atoms with E-state index in [4.69, 9.17) is 5.11 Å². The van der Waals surface area contributed by atoms with Gasteiger partial charge in [-0.15, -0.1) is 0 Å². The highest BCUT2D eigenvalue weighted by Gasteiger charge is 2.37. The Balaban J connectivity index is 2.36. The van der Waals surface area contributed by atoms with E-state index in [0.29, 0.717) is 5.56 Å². The molecular weight excluding hydrogens is 195 g/mol. The van der Waals surface area contributed by atoms with Crippen molar-refractivity contribution in [3.63, 3.8) is 0 Å². The summed E-state index contributed by atoms with van der Waals surface area (Å²) in [6.07, 6.45) is 1.87. The van der Waals surface area contributed by atoms with Gasteiger partial charge in [-0.05, 0) is 48.9 Å². The number of aliphatic carboxylic acids is 1. The Morgan fingerprint density at radius 1 is 1.47 bits per heavy atom. The molecule has 1 fully saturated rings. The maximum atomic E-state index is 13.1. The Bertz CT molecular complexity index is 376. The maximum absolute atomic E-state index is 13.1. The molecule has 3 heteroatoms. The summed E-state index contributed by atoms with van der Waals surface area (Å²) in [4.78, 5) is 11.1. The van der Waals surface area contributed by atoms with Crippen LogP contribution in [0.4, 0.5) is 4.39 Å². The maximum Gasteiger partial charge on any atom is 0.311 e. The minimum Gasteiger partial charge on any atom is -0.481 e. The Morgan fingerprint density at radius 2 is 2.13 bits per heavy atom. The summed E-state index contributed by atoms with van der Waals surface area (Å²) >= 11 is 0. The largest absolute Gasteiger partial charge is 0.481 e. The van der Waals surface area contributed by atoms with E-state index in [9.17, 15) is 9.18 Å². The van der Waals surface area contributed by atoms with Crippen LogP contribution < -0.4 is 0 Å². The molecule has 1 aliphatic rings. The molecule has 1 N–H and O–H groups in total. The molecule has 1 aromatic rings. The lowest BCUT2D eigenvalue weighted by Crippen LogP contribution is -2.14. The molecule has 1 aliphatic carbocycles. The average Bonchev–Trinajstić information content (AvgIpc) is 2.85. The molecule has 0 aromatic heterocycles. The van der Waals surface area contributed by atoms with Gasteiger partial charge in [0.15, 0.2) is 0 Å². The standard InChI is InChI=1S/C12H13FO2/c1-7-4-9(6-10(13)5-7)11(12(14)15)8-2-3-8/h4-6,8,11H,2-3H2,1H3,(H,14,15). The van der Waals surface area contributed by atoms with Crippen LogP contribution in [0, 0.1) is 18.7 Å². The summed E-state index contributed by atoms with van der Waals surface area (Å²) in [5.74, 6) is -1.53. The highest BCUT2D eigenvalue weighted by molar-refractivity contribution is 5.77. The van der Waals surface area contributed by atoms with Crippen molar-refractivity contribution in [2.75, 3.05) is 0 Å². The number of hydrogen-bond acceptors (Lipinski definition) is 1. The summed E-state index contributed by atoms with van der Waals surface area (Å²) < 4.78 is 13.1. The summed E-state index contributed by atoms with van der Waals surface area (Å²) in [6, 6.07) is 4.51. The van der Waals surface area contributed by atoms with Gasteiger partial charge in [0.05, 0.1) is 5.92 Å². The van der Waals surface area contributed by atoms with Crippen LogP contribution in [0.5, 0.6) is 0 Å². The van der Waals surface area contributed by atoms with E-state index in [0.717, 1.165) is 18.4 Å². The molecule has 0 heterocycles. The predicted molar refractivity (Wildman–Crippen MR) is 54.2 cm³/mol. The van der Waals surface area contributed by atoms with Crippen LogP contribution in [0.3, 0.4) is 0 Å². The van der Waals surface area contributed by atoms with E-state index in [1.165, 1.54) is 12.1 Å². The van der Waals surface area contributed by atoms with Gasteiger partial charge < -0.3 is 5.11 Å². The van der Waals surface area contributed by atoms with Gasteiger partial charge >= 0.3 is 5.97 Å². The highest BCUT2D eigenvalue weighted by atomic mass is 19.1. The molecule has 0 radical (unpaired) electrons. The van der Waals surface area contributed by atoms with Crippen LogP contribution in [0.25, 0.3) is 0 Å². The molecule has 80 valence electrons. The SMILES string of the molecule is Cc1cc(F)cc(C(C(=O)O)C2CC2)c1. The molecule has 0 spiro atoms. The smallest absolute Gasteiger partial charge is 0.311 e. The van der Waals surface area contributed by atoms with Gasteiger partial charge in [0.2, 0.25) is 0 Å². The predicted octanol–water partition coefficient (Wildman–Crippen LogP) is 2.71. The number of aryl methyl sites for hydroxylation is 1. The van der Waals surface area contributed by atoms with Crippen LogP contribution >= 0.6 is 0 Å². The molecule has 1 atom stereocenters. The molecule has 0 aliphatic heterocycles. The van der Waals surface area contributed by atoms with Gasteiger partial charge in [0.1, 0.15) is 5.82 Å². The second kappa shape index (κ2) is 3.65. The van der Waals surface area contributed by atoms with Gasteiger partial charge in [0.25, 0.3) is 0 Å². The summed E-state index contributed by atoms with van der Waals surface area (Å²) in [7, 11) is 0. The lowest BCUT2D eigenvalue weighted by molar-refractivity contribution is -0.139. The van der Waals surface area contributed by atoms with Gasteiger partial charge in [-0.3, -0.25) is 4.79 Å². The molecule has 15 heavy (non-hydrogen) atoms. The number of benzene rings is 1. The first-order chi connectivity index (χ1) is 7.08. The third-order valence-electron chi connectivity index (χ3n) is 2.78. The van der Waals surface area contributed by atoms with E-state index in [-0.39, 0.29) is 11.7 Å². The average molecular weight is 208 g/mol. The molecule has 1 unspecified atom stereocenters. The fraction of sp³-hybridized carbons (Fsp3) is 0.417. The molecular formula is C12H13FO2. The van der Waals surface area contributed by atoms with E-state index in [2.05, 4.69) is 0 Å². The molecule has 1 aromatic carbocycles. The number of hydrogen-bond donors (Lipinski definition) is 1. The third kappa shape index (κ3) is 2.17. The second-order valence-corrected chi connectivity index (χ2v) is 4.22. The van der Waals surface area contributed by atoms with Crippen molar-refractivity contribution >= 4 is 5.97 Å². The van der Waals surface area contributed by atoms with Crippen molar-refractivity contribution in [2.24, 2.45) is 5.92 Å². The molecule has 0 saturated heterocycles. The van der Waals surface area contributed by atoms with E-state index in [1.54, 1.807) is 13.0 Å². The zero-order valence-electron chi connectivity index (χ0n) is 8.53. The number of carbonyl (C=O) groups is 1. The van der Waals surface area contributed by atoms with Gasteiger partial charge in [-0.25, -0.2) is 4.39 Å². The molecule has 2 rings (SSSR count). The number of rotatable bonds is 3.